The second-order valence-electron chi connectivity index (χ2n) is 6.19. The Labute approximate surface area is 170 Å². The molecule has 0 fully saturated rings. The number of hydrogen-bond donors (Lipinski definition) is 1. The van der Waals surface area contributed by atoms with E-state index < -0.39 is 0 Å². The fourth-order valence-electron chi connectivity index (χ4n) is 2.89. The molecule has 1 amide bonds. The van der Waals surface area contributed by atoms with Gasteiger partial charge in [-0.1, -0.05) is 31.2 Å². The Morgan fingerprint density at radius 1 is 1.07 bits per heavy atom. The van der Waals surface area contributed by atoms with Crippen LogP contribution in [-0.4, -0.2) is 10.9 Å². The Hall–Kier alpha value is -2.67. The first-order valence-corrected chi connectivity index (χ1v) is 9.77. The van der Waals surface area contributed by atoms with E-state index in [1.807, 2.05) is 60.7 Å². The van der Waals surface area contributed by atoms with Crippen LogP contribution in [0.15, 0.2) is 71.1 Å². The van der Waals surface area contributed by atoms with E-state index >= 15 is 0 Å². The van der Waals surface area contributed by atoms with Gasteiger partial charge in [0.25, 0.3) is 5.91 Å². The van der Waals surface area contributed by atoms with Crippen LogP contribution >= 0.6 is 22.6 Å². The predicted octanol–water partition coefficient (Wildman–Crippen LogP) is 5.91. The molecule has 0 unspecified atom stereocenters. The Kier molecular flexibility index (Phi) is 4.94. The van der Waals surface area contributed by atoms with Gasteiger partial charge in [0.2, 0.25) is 5.89 Å². The largest absolute Gasteiger partial charge is 0.436 e. The number of fused-ring (bicyclic) bond motifs is 1. The second kappa shape index (κ2) is 7.52. The third kappa shape index (κ3) is 3.73. The van der Waals surface area contributed by atoms with Gasteiger partial charge in [0.1, 0.15) is 5.52 Å². The number of oxazole rings is 1. The third-order valence-electron chi connectivity index (χ3n) is 4.35. The van der Waals surface area contributed by atoms with Crippen LogP contribution < -0.4 is 5.32 Å². The molecule has 0 atom stereocenters. The van der Waals surface area contributed by atoms with E-state index in [4.69, 9.17) is 4.42 Å². The number of nitrogens with one attached hydrogen (secondary N) is 1. The molecule has 0 radical (unpaired) electrons. The molecular weight excluding hydrogens is 451 g/mol. The first-order valence-electron chi connectivity index (χ1n) is 8.70. The molecule has 5 heteroatoms. The number of benzene rings is 3. The van der Waals surface area contributed by atoms with Crippen LogP contribution in [0.1, 0.15) is 22.8 Å². The summed E-state index contributed by atoms with van der Waals surface area (Å²) in [6.45, 7) is 2.11. The van der Waals surface area contributed by atoms with Gasteiger partial charge < -0.3 is 9.73 Å². The molecule has 0 saturated heterocycles. The predicted molar refractivity (Wildman–Crippen MR) is 116 cm³/mol. The summed E-state index contributed by atoms with van der Waals surface area (Å²) in [5.41, 5.74) is 5.00. The highest BCUT2D eigenvalue weighted by molar-refractivity contribution is 14.1. The number of amides is 1. The van der Waals surface area contributed by atoms with Crippen molar-refractivity contribution in [2.24, 2.45) is 0 Å². The van der Waals surface area contributed by atoms with Crippen molar-refractivity contribution < 1.29 is 9.21 Å². The highest BCUT2D eigenvalue weighted by atomic mass is 127. The summed E-state index contributed by atoms with van der Waals surface area (Å²) in [6.07, 6.45) is 0.956. The van der Waals surface area contributed by atoms with E-state index in [2.05, 4.69) is 45.9 Å². The van der Waals surface area contributed by atoms with E-state index in [1.54, 1.807) is 0 Å². The van der Waals surface area contributed by atoms with Crippen LogP contribution in [0.25, 0.3) is 22.6 Å². The molecule has 0 aliphatic rings. The van der Waals surface area contributed by atoms with Crippen LogP contribution in [0, 0.1) is 3.57 Å². The van der Waals surface area contributed by atoms with E-state index in [9.17, 15) is 4.79 Å². The molecule has 4 rings (SSSR count). The van der Waals surface area contributed by atoms with E-state index in [1.165, 1.54) is 5.56 Å². The average Bonchev–Trinajstić information content (AvgIpc) is 3.11. The molecule has 0 aliphatic carbocycles. The zero-order valence-corrected chi connectivity index (χ0v) is 16.9. The Balaban J connectivity index is 1.63. The van der Waals surface area contributed by atoms with Gasteiger partial charge in [-0.3, -0.25) is 4.79 Å². The van der Waals surface area contributed by atoms with Gasteiger partial charge in [-0.25, -0.2) is 4.98 Å². The minimum absolute atomic E-state index is 0.137. The minimum atomic E-state index is -0.137. The zero-order valence-electron chi connectivity index (χ0n) is 14.7. The standard InChI is InChI=1S/C22H17IN2O2/c1-2-14-10-11-20-19(12-14)25-22(27-20)15-6-5-7-16(13-15)24-21(26)17-8-3-4-9-18(17)23/h3-13H,2H2,1H3,(H,24,26). The van der Waals surface area contributed by atoms with Crippen LogP contribution in [0.4, 0.5) is 5.69 Å². The number of rotatable bonds is 4. The summed E-state index contributed by atoms with van der Waals surface area (Å²) in [6, 6.07) is 21.1. The summed E-state index contributed by atoms with van der Waals surface area (Å²) in [5.74, 6) is 0.408. The van der Waals surface area contributed by atoms with Crippen molar-refractivity contribution in [3.05, 3.63) is 81.4 Å². The molecule has 0 spiro atoms. The van der Waals surface area contributed by atoms with Crippen molar-refractivity contribution in [1.82, 2.24) is 4.98 Å². The third-order valence-corrected chi connectivity index (χ3v) is 5.29. The number of carbonyl (C=O) groups is 1. The van der Waals surface area contributed by atoms with E-state index in [0.29, 0.717) is 17.1 Å². The van der Waals surface area contributed by atoms with Crippen molar-refractivity contribution in [2.45, 2.75) is 13.3 Å². The van der Waals surface area contributed by atoms with Crippen LogP contribution in [0.3, 0.4) is 0 Å². The number of aromatic nitrogens is 1. The van der Waals surface area contributed by atoms with Gasteiger partial charge in [-0.05, 0) is 77.0 Å². The maximum Gasteiger partial charge on any atom is 0.256 e. The second-order valence-corrected chi connectivity index (χ2v) is 7.35. The summed E-state index contributed by atoms with van der Waals surface area (Å²) in [4.78, 5) is 17.1. The zero-order chi connectivity index (χ0) is 18.8. The van der Waals surface area contributed by atoms with Crippen LogP contribution in [-0.2, 0) is 6.42 Å². The highest BCUT2D eigenvalue weighted by Crippen LogP contribution is 2.27. The Morgan fingerprint density at radius 2 is 1.93 bits per heavy atom. The molecule has 4 aromatic rings. The number of carbonyl (C=O) groups excluding carboxylic acids is 1. The first kappa shape index (κ1) is 17.7. The first-order chi connectivity index (χ1) is 13.1. The van der Waals surface area contributed by atoms with Crippen molar-refractivity contribution in [1.29, 1.82) is 0 Å². The number of halogens is 1. The molecule has 3 aromatic carbocycles. The van der Waals surface area contributed by atoms with Gasteiger partial charge in [0.15, 0.2) is 5.58 Å². The molecule has 0 bridgehead atoms. The van der Waals surface area contributed by atoms with Gasteiger partial charge in [-0.2, -0.15) is 0 Å². The van der Waals surface area contributed by atoms with Crippen molar-refractivity contribution in [3.63, 3.8) is 0 Å². The fraction of sp³-hybridized carbons (Fsp3) is 0.0909. The maximum absolute atomic E-state index is 12.5. The lowest BCUT2D eigenvalue weighted by Crippen LogP contribution is -2.13. The minimum Gasteiger partial charge on any atom is -0.436 e. The summed E-state index contributed by atoms with van der Waals surface area (Å²) in [7, 11) is 0. The lowest BCUT2D eigenvalue weighted by molar-refractivity contribution is 0.102. The molecule has 0 saturated carbocycles. The average molecular weight is 468 g/mol. The Morgan fingerprint density at radius 3 is 2.74 bits per heavy atom. The summed E-state index contributed by atoms with van der Waals surface area (Å²) < 4.78 is 6.80. The molecule has 0 aliphatic heterocycles. The van der Waals surface area contributed by atoms with Crippen LogP contribution in [0.2, 0.25) is 0 Å². The summed E-state index contributed by atoms with van der Waals surface area (Å²) in [5, 5.41) is 2.95. The lowest BCUT2D eigenvalue weighted by atomic mass is 10.1. The molecule has 1 aromatic heterocycles. The maximum atomic E-state index is 12.5. The topological polar surface area (TPSA) is 55.1 Å². The molecule has 1 N–H and O–H groups in total. The van der Waals surface area contributed by atoms with Crippen molar-refractivity contribution >= 4 is 45.3 Å². The normalized spacial score (nSPS) is 10.9. The fourth-order valence-corrected chi connectivity index (χ4v) is 3.52. The van der Waals surface area contributed by atoms with Crippen LogP contribution in [0.5, 0.6) is 0 Å². The lowest BCUT2D eigenvalue weighted by Gasteiger charge is -2.07. The molecule has 134 valence electrons. The smallest absolute Gasteiger partial charge is 0.256 e. The SMILES string of the molecule is CCc1ccc2oc(-c3cccc(NC(=O)c4ccccc4I)c3)nc2c1. The van der Waals surface area contributed by atoms with Gasteiger partial charge >= 0.3 is 0 Å². The molecule has 1 heterocycles. The van der Waals surface area contributed by atoms with E-state index in [-0.39, 0.29) is 5.91 Å². The summed E-state index contributed by atoms with van der Waals surface area (Å²) >= 11 is 2.16. The van der Waals surface area contributed by atoms with Crippen molar-refractivity contribution in [2.75, 3.05) is 5.32 Å². The van der Waals surface area contributed by atoms with Gasteiger partial charge in [-0.15, -0.1) is 0 Å². The number of nitrogens with zero attached hydrogens (tertiary/aromatic N) is 1. The number of aryl methyl sites for hydroxylation is 1. The molecular formula is C22H17IN2O2. The van der Waals surface area contributed by atoms with Gasteiger partial charge in [0.05, 0.1) is 5.56 Å². The highest BCUT2D eigenvalue weighted by Gasteiger charge is 2.12. The Bertz CT molecular complexity index is 1130. The number of anilines is 1. The van der Waals surface area contributed by atoms with Gasteiger partial charge in [0, 0.05) is 14.8 Å². The van der Waals surface area contributed by atoms with Crippen molar-refractivity contribution in [3.8, 4) is 11.5 Å². The van der Waals surface area contributed by atoms with E-state index in [0.717, 1.165) is 26.7 Å². The molecule has 27 heavy (non-hydrogen) atoms. The number of hydrogen-bond acceptors (Lipinski definition) is 3. The monoisotopic (exact) mass is 468 g/mol. The molecule has 4 nitrogen and oxygen atoms in total. The quantitative estimate of drug-likeness (QED) is 0.379.